The van der Waals surface area contributed by atoms with E-state index in [0.717, 1.165) is 53.2 Å². The number of nitrogens with one attached hydrogen (secondary N) is 1. The van der Waals surface area contributed by atoms with E-state index in [4.69, 9.17) is 25.5 Å². The topological polar surface area (TPSA) is 156 Å². The van der Waals surface area contributed by atoms with E-state index >= 15 is 0 Å². The van der Waals surface area contributed by atoms with Gasteiger partial charge in [-0.25, -0.2) is 0 Å². The molecule has 4 aromatic carbocycles. The molecule has 5 heterocycles. The maximum absolute atomic E-state index is 13.5. The van der Waals surface area contributed by atoms with Crippen molar-refractivity contribution in [2.75, 3.05) is 45.9 Å². The molecule has 9 rings (SSSR count). The van der Waals surface area contributed by atoms with E-state index in [9.17, 15) is 14.4 Å². The Bertz CT molecular complexity index is 2320. The van der Waals surface area contributed by atoms with Gasteiger partial charge >= 0.3 is 7.12 Å². The molecule has 12 nitrogen and oxygen atoms in total. The number of nitrogens with zero attached hydrogens (tertiary/aromatic N) is 3. The number of piperidine rings is 2. The van der Waals surface area contributed by atoms with Crippen molar-refractivity contribution >= 4 is 41.2 Å². The maximum atomic E-state index is 13.5. The normalized spacial score (nSPS) is 20.0. The van der Waals surface area contributed by atoms with Crippen LogP contribution in [-0.2, 0) is 27.2 Å². The summed E-state index contributed by atoms with van der Waals surface area (Å²) in [4.78, 5) is 49.1. The Labute approximate surface area is 344 Å². The highest BCUT2D eigenvalue weighted by molar-refractivity contribution is 6.62. The van der Waals surface area contributed by atoms with Crippen LogP contribution in [0.1, 0.15) is 80.6 Å². The van der Waals surface area contributed by atoms with Gasteiger partial charge in [-0.3, -0.25) is 14.4 Å². The van der Waals surface area contributed by atoms with Crippen molar-refractivity contribution in [1.29, 1.82) is 0 Å². The van der Waals surface area contributed by atoms with Gasteiger partial charge in [-0.05, 0) is 95.6 Å². The second-order valence-corrected chi connectivity index (χ2v) is 16.4. The first-order valence-electron chi connectivity index (χ1n) is 20.9. The summed E-state index contributed by atoms with van der Waals surface area (Å²) in [5.74, 6) is 1.11. The van der Waals surface area contributed by atoms with Crippen LogP contribution in [0.4, 0.5) is 0 Å². The van der Waals surface area contributed by atoms with Crippen LogP contribution in [0.5, 0.6) is 5.75 Å². The van der Waals surface area contributed by atoms with Crippen molar-refractivity contribution in [3.63, 3.8) is 0 Å². The monoisotopic (exact) mass is 794 g/mol. The highest BCUT2D eigenvalue weighted by atomic mass is 16.7. The van der Waals surface area contributed by atoms with Gasteiger partial charge in [0.15, 0.2) is 6.61 Å². The van der Waals surface area contributed by atoms with Gasteiger partial charge < -0.3 is 45.2 Å². The first-order chi connectivity index (χ1) is 28.8. The fourth-order valence-electron chi connectivity index (χ4n) is 9.21. The summed E-state index contributed by atoms with van der Waals surface area (Å²) < 4.78 is 18.5. The second kappa shape index (κ2) is 17.0. The molecular formula is C46H51BN6O6. The lowest BCUT2D eigenvalue weighted by molar-refractivity contribution is -0.132. The van der Waals surface area contributed by atoms with Crippen molar-refractivity contribution in [2.24, 2.45) is 11.5 Å². The van der Waals surface area contributed by atoms with Crippen molar-refractivity contribution in [3.8, 4) is 5.75 Å². The maximum Gasteiger partial charge on any atom is 0.494 e. The molecular weight excluding hydrogens is 743 g/mol. The number of ether oxygens (including phenoxy) is 1. The van der Waals surface area contributed by atoms with Gasteiger partial charge in [0.2, 0.25) is 0 Å². The first kappa shape index (κ1) is 39.0. The van der Waals surface area contributed by atoms with E-state index in [-0.39, 0.29) is 36.5 Å². The minimum atomic E-state index is -0.574. The van der Waals surface area contributed by atoms with Crippen LogP contribution in [0.2, 0.25) is 0 Å². The van der Waals surface area contributed by atoms with Crippen LogP contribution >= 0.6 is 0 Å². The molecule has 304 valence electrons. The van der Waals surface area contributed by atoms with Crippen LogP contribution in [0, 0.1) is 0 Å². The number of H-pyrrole nitrogens is 1. The molecule has 4 aliphatic heterocycles. The number of hydrogen-bond acceptors (Lipinski definition) is 8. The standard InChI is InChI=1S/C46H51BN6O6/c48-25-30-4-1-6-34(20-30)32-12-16-51(17-13-32)45(55)37-8-3-9-39(22-37)57-29-44(54)53-27-42-43(28-53)59-47(58-42)38-11-10-36-23-41(50-40(36)24-38)46(56)52-18-14-33(15-19-52)35-7-2-5-31(21-35)26-49/h1-11,20-24,32-33,42-43,50H,12-19,25-29,48-49H2. The number of carbonyl (C=O) groups is 3. The number of fused-ring (bicyclic) bond motifs is 2. The lowest BCUT2D eigenvalue weighted by Crippen LogP contribution is -2.39. The number of nitrogens with two attached hydrogens (primary N) is 2. The van der Waals surface area contributed by atoms with Crippen molar-refractivity contribution < 1.29 is 28.4 Å². The Kier molecular flexibility index (Phi) is 11.3. The van der Waals surface area contributed by atoms with Gasteiger partial charge in [0, 0.05) is 68.8 Å². The van der Waals surface area contributed by atoms with Gasteiger partial charge in [0.1, 0.15) is 11.4 Å². The summed E-state index contributed by atoms with van der Waals surface area (Å²) in [7, 11) is -0.574. The Morgan fingerprint density at radius 2 is 1.27 bits per heavy atom. The predicted molar refractivity (Wildman–Crippen MR) is 226 cm³/mol. The molecule has 5 aromatic rings. The fraction of sp³-hybridized carbons (Fsp3) is 0.370. The average Bonchev–Trinajstić information content (AvgIpc) is 4.02. The Balaban J connectivity index is 0.739. The molecule has 0 spiro atoms. The number of amides is 3. The second-order valence-electron chi connectivity index (χ2n) is 16.4. The highest BCUT2D eigenvalue weighted by Crippen LogP contribution is 2.32. The van der Waals surface area contributed by atoms with E-state index in [1.807, 2.05) is 40.1 Å². The van der Waals surface area contributed by atoms with Crippen molar-refractivity contribution in [1.82, 2.24) is 19.7 Å². The summed E-state index contributed by atoms with van der Waals surface area (Å²) in [5.41, 5.74) is 19.4. The molecule has 2 atom stereocenters. The minimum absolute atomic E-state index is 0.00649. The predicted octanol–water partition coefficient (Wildman–Crippen LogP) is 4.53. The Morgan fingerprint density at radius 3 is 1.88 bits per heavy atom. The summed E-state index contributed by atoms with van der Waals surface area (Å²) in [6, 6.07) is 31.8. The SMILES string of the molecule is NCc1cccc(C2CCN(C(=O)c3cccc(OCC(=O)N4CC5OB(c6ccc7cc(C(=O)N8CCC(c9cccc(CN)c9)CC8)[nH]c7c6)OC5C4)c3)CC2)c1. The average molecular weight is 795 g/mol. The number of rotatable bonds is 10. The van der Waals surface area contributed by atoms with E-state index in [1.54, 1.807) is 29.2 Å². The number of aromatic nitrogens is 1. The summed E-state index contributed by atoms with van der Waals surface area (Å²) in [6.07, 6.45) is 3.10. The van der Waals surface area contributed by atoms with Crippen LogP contribution in [0.25, 0.3) is 10.9 Å². The third-order valence-electron chi connectivity index (χ3n) is 12.6. The van der Waals surface area contributed by atoms with Crippen LogP contribution in [-0.4, -0.2) is 103 Å². The number of benzene rings is 4. The Hall–Kier alpha value is -5.47. The molecule has 0 aliphatic carbocycles. The van der Waals surface area contributed by atoms with Gasteiger partial charge in [0.25, 0.3) is 17.7 Å². The molecule has 5 N–H and O–H groups in total. The molecule has 1 aromatic heterocycles. The number of hydrogen-bond donors (Lipinski definition) is 3. The van der Waals surface area contributed by atoms with Gasteiger partial charge in [-0.2, -0.15) is 0 Å². The van der Waals surface area contributed by atoms with Crippen LogP contribution in [0.15, 0.2) is 97.1 Å². The van der Waals surface area contributed by atoms with E-state index in [1.165, 1.54) is 11.1 Å². The first-order valence-corrected chi connectivity index (χ1v) is 20.9. The molecule has 2 unspecified atom stereocenters. The fourth-order valence-corrected chi connectivity index (χ4v) is 9.21. The smallest absolute Gasteiger partial charge is 0.484 e. The number of likely N-dealkylation sites (tertiary alicyclic amines) is 3. The third kappa shape index (κ3) is 8.38. The molecule has 4 fully saturated rings. The summed E-state index contributed by atoms with van der Waals surface area (Å²) >= 11 is 0. The molecule has 0 saturated carbocycles. The lowest BCUT2D eigenvalue weighted by Gasteiger charge is -2.32. The third-order valence-corrected chi connectivity index (χ3v) is 12.6. The number of carbonyl (C=O) groups excluding carboxylic acids is 3. The number of aromatic amines is 1. The zero-order valence-electron chi connectivity index (χ0n) is 33.3. The zero-order chi connectivity index (χ0) is 40.5. The highest BCUT2D eigenvalue weighted by Gasteiger charge is 2.47. The van der Waals surface area contributed by atoms with Crippen molar-refractivity contribution in [2.45, 2.75) is 62.8 Å². The molecule has 4 saturated heterocycles. The molecule has 0 radical (unpaired) electrons. The van der Waals surface area contributed by atoms with Gasteiger partial charge in [-0.15, -0.1) is 0 Å². The Morgan fingerprint density at radius 1 is 0.678 bits per heavy atom. The molecule has 59 heavy (non-hydrogen) atoms. The summed E-state index contributed by atoms with van der Waals surface area (Å²) in [5, 5.41) is 0.945. The molecule has 13 heteroatoms. The quantitative estimate of drug-likeness (QED) is 0.174. The van der Waals surface area contributed by atoms with E-state index < -0.39 is 7.12 Å². The van der Waals surface area contributed by atoms with Crippen LogP contribution in [0.3, 0.4) is 0 Å². The zero-order valence-corrected chi connectivity index (χ0v) is 33.3. The van der Waals surface area contributed by atoms with Crippen molar-refractivity contribution in [3.05, 3.63) is 131 Å². The largest absolute Gasteiger partial charge is 0.494 e. The molecule has 0 bridgehead atoms. The summed E-state index contributed by atoms with van der Waals surface area (Å²) in [6.45, 7) is 4.45. The molecule has 4 aliphatic rings. The van der Waals surface area contributed by atoms with E-state index in [2.05, 4.69) is 47.4 Å². The van der Waals surface area contributed by atoms with E-state index in [0.29, 0.717) is 81.2 Å². The van der Waals surface area contributed by atoms with Crippen LogP contribution < -0.4 is 21.7 Å². The lowest BCUT2D eigenvalue weighted by atomic mass is 9.79. The van der Waals surface area contributed by atoms with Gasteiger partial charge in [-0.1, -0.05) is 66.7 Å². The molecule has 3 amide bonds. The minimum Gasteiger partial charge on any atom is -0.484 e. The van der Waals surface area contributed by atoms with Gasteiger partial charge in [0.05, 0.1) is 12.2 Å².